The lowest BCUT2D eigenvalue weighted by Gasteiger charge is -2.27. The number of pyridine rings is 1. The number of ether oxygens (including phenoxy) is 2. The number of morpholine rings is 1. The van der Waals surface area contributed by atoms with Gasteiger partial charge < -0.3 is 23.9 Å². The zero-order valence-corrected chi connectivity index (χ0v) is 31.6. The van der Waals surface area contributed by atoms with Crippen molar-refractivity contribution in [2.45, 2.75) is 56.9 Å². The molecule has 2 bridgehead atoms. The SMILES string of the molecule is C=C(F)CCC(=C)C1Oc2cc(N(C)CC(C)=[S-](C)=O)c(-c3ccc4nc(CN5CC6CC5CO6)n5c6cccc(F)c6cc5c4n3)cc2C1C(=O)NC. The average Bonchev–Trinajstić information content (AvgIpc) is 3.95. The van der Waals surface area contributed by atoms with Crippen LogP contribution < -0.4 is 15.0 Å². The number of rotatable bonds is 11. The van der Waals surface area contributed by atoms with Crippen LogP contribution in [-0.4, -0.2) is 88.3 Å². The number of halogens is 2. The number of carbonyl (C=O) groups is 1. The summed E-state index contributed by atoms with van der Waals surface area (Å²) in [6.07, 6.45) is 2.50. The second kappa shape index (κ2) is 14.1. The Hall–Kier alpha value is -4.85. The highest BCUT2D eigenvalue weighted by Crippen LogP contribution is 2.47. The Balaban J connectivity index is 1.30. The van der Waals surface area contributed by atoms with E-state index in [-0.39, 0.29) is 30.7 Å². The van der Waals surface area contributed by atoms with Gasteiger partial charge in [0.25, 0.3) is 0 Å². The normalized spacial score (nSPS) is 21.4. The van der Waals surface area contributed by atoms with Crippen molar-refractivity contribution in [3.63, 3.8) is 0 Å². The van der Waals surface area contributed by atoms with Gasteiger partial charge in [-0.2, -0.15) is 0 Å². The van der Waals surface area contributed by atoms with Crippen molar-refractivity contribution >= 4 is 54.3 Å². The number of likely N-dealkylation sites (tertiary alicyclic amines) is 1. The summed E-state index contributed by atoms with van der Waals surface area (Å²) < 4.78 is 55.8. The Morgan fingerprint density at radius 2 is 1.94 bits per heavy atom. The van der Waals surface area contributed by atoms with E-state index in [0.29, 0.717) is 75.8 Å². The molecule has 6 heterocycles. The Bertz CT molecular complexity index is 2480. The van der Waals surface area contributed by atoms with Crippen LogP contribution in [0.4, 0.5) is 14.5 Å². The number of benzene rings is 2. The third-order valence-electron chi connectivity index (χ3n) is 11.1. The smallest absolute Gasteiger partial charge is 0.231 e. The largest absolute Gasteiger partial charge is 0.484 e. The summed E-state index contributed by atoms with van der Waals surface area (Å²) in [5.41, 5.74) is 6.00. The molecule has 10 nitrogen and oxygen atoms in total. The van der Waals surface area contributed by atoms with E-state index in [1.165, 1.54) is 6.07 Å². The predicted molar refractivity (Wildman–Crippen MR) is 210 cm³/mol. The number of nitrogens with one attached hydrogen (secondary N) is 1. The third-order valence-corrected chi connectivity index (χ3v) is 12.2. The van der Waals surface area contributed by atoms with E-state index in [1.807, 2.05) is 59.7 Å². The molecule has 0 aliphatic carbocycles. The zero-order valence-electron chi connectivity index (χ0n) is 30.8. The molecule has 2 saturated heterocycles. The summed E-state index contributed by atoms with van der Waals surface area (Å²) in [6.45, 7) is 11.9. The van der Waals surface area contributed by atoms with Gasteiger partial charge >= 0.3 is 0 Å². The summed E-state index contributed by atoms with van der Waals surface area (Å²) in [5.74, 6) is -0.510. The molecule has 5 aromatic rings. The van der Waals surface area contributed by atoms with Gasteiger partial charge in [0.05, 0.1) is 47.3 Å². The van der Waals surface area contributed by atoms with E-state index in [2.05, 4.69) is 23.4 Å². The minimum absolute atomic E-state index is 0.0788. The van der Waals surface area contributed by atoms with Crippen molar-refractivity contribution in [1.82, 2.24) is 24.6 Å². The number of fused-ring (bicyclic) bond motifs is 8. The van der Waals surface area contributed by atoms with Crippen molar-refractivity contribution < 1.29 is 27.3 Å². The number of amides is 1. The lowest BCUT2D eigenvalue weighted by molar-refractivity contribution is -0.123. The highest BCUT2D eigenvalue weighted by atomic mass is 32.2. The number of hydrogen-bond donors (Lipinski definition) is 1. The first-order chi connectivity index (χ1) is 25.9. The van der Waals surface area contributed by atoms with E-state index in [0.717, 1.165) is 34.9 Å². The van der Waals surface area contributed by atoms with Gasteiger partial charge in [-0.1, -0.05) is 26.1 Å². The molecule has 4 unspecified atom stereocenters. The van der Waals surface area contributed by atoms with Crippen LogP contribution in [0.25, 0.3) is 38.7 Å². The molecule has 54 heavy (non-hydrogen) atoms. The first-order valence-electron chi connectivity index (χ1n) is 18.1. The number of likely N-dealkylation sites (N-methyl/N-ethyl adjacent to an activating group) is 1. The number of carbonyl (C=O) groups excluding carboxylic acids is 1. The predicted octanol–water partition coefficient (Wildman–Crippen LogP) is 6.45. The fourth-order valence-corrected chi connectivity index (χ4v) is 8.57. The number of anilines is 1. The second-order valence-electron chi connectivity index (χ2n) is 14.6. The Morgan fingerprint density at radius 3 is 2.65 bits per heavy atom. The molecular weight excluding hydrogens is 711 g/mol. The molecule has 3 aliphatic rings. The van der Waals surface area contributed by atoms with Gasteiger partial charge in [0.15, 0.2) is 0 Å². The van der Waals surface area contributed by atoms with Gasteiger partial charge in [-0.3, -0.25) is 24.5 Å². The summed E-state index contributed by atoms with van der Waals surface area (Å²) in [5, 5.41) is 3.25. The number of allylic oxidation sites excluding steroid dienone is 1. The minimum atomic E-state index is -1.16. The van der Waals surface area contributed by atoms with Crippen LogP contribution in [0, 0.1) is 5.82 Å². The van der Waals surface area contributed by atoms with Gasteiger partial charge in [-0.25, -0.2) is 18.7 Å². The van der Waals surface area contributed by atoms with Crippen LogP contribution >= 0.6 is 0 Å². The molecule has 0 saturated carbocycles. The molecule has 8 rings (SSSR count). The molecule has 0 spiro atoms. The van der Waals surface area contributed by atoms with Crippen molar-refractivity contribution in [1.29, 1.82) is 0 Å². The zero-order chi connectivity index (χ0) is 38.0. The Labute approximate surface area is 314 Å². The molecule has 1 amide bonds. The molecular formula is C41H43F2N6O4S-. The van der Waals surface area contributed by atoms with Crippen LogP contribution in [0.2, 0.25) is 0 Å². The second-order valence-corrected chi connectivity index (χ2v) is 16.2. The fourth-order valence-electron chi connectivity index (χ4n) is 8.20. The maximum Gasteiger partial charge on any atom is 0.231 e. The molecule has 3 aliphatic heterocycles. The lowest BCUT2D eigenvalue weighted by Crippen LogP contribution is -2.37. The number of aromatic nitrogens is 3. The van der Waals surface area contributed by atoms with Crippen LogP contribution in [0.3, 0.4) is 0 Å². The summed E-state index contributed by atoms with van der Waals surface area (Å²) in [4.78, 5) is 29.1. The first kappa shape index (κ1) is 36.1. The summed E-state index contributed by atoms with van der Waals surface area (Å²) >= 11 is 0. The molecule has 0 radical (unpaired) electrons. The van der Waals surface area contributed by atoms with Gasteiger partial charge in [0.1, 0.15) is 34.9 Å². The maximum absolute atomic E-state index is 15.4. The van der Waals surface area contributed by atoms with Crippen LogP contribution in [0.1, 0.15) is 43.5 Å². The topological polar surface area (TPSA) is 101 Å². The van der Waals surface area contributed by atoms with Crippen molar-refractivity contribution in [3.05, 3.63) is 90.3 Å². The molecule has 13 heteroatoms. The molecule has 1 N–H and O–H groups in total. The first-order valence-corrected chi connectivity index (χ1v) is 19.7. The van der Waals surface area contributed by atoms with Gasteiger partial charge in [0, 0.05) is 67.9 Å². The van der Waals surface area contributed by atoms with Gasteiger partial charge in [-0.15, -0.1) is 11.1 Å². The average molecular weight is 754 g/mol. The standard InChI is InChI=1S/C41H43F2N6O4S/c1-22(10-11-23(2)42)40-38(41(50)44-4)29-15-28(34(17-36(29)53-40)47(5)18-24(3)54(6)51)31-12-13-32-39(46-31)35-16-27-30(43)8-7-9-33(27)49(35)37(45-32)20-48-19-26-14-25(48)21-52-26/h7-9,12-13,15-17,25-26,38,40H,1-2,10-11,14,18-21H2,3-6H3,(H,44,50)/q-1. The number of nitrogens with zero attached hydrogens (tertiary/aromatic N) is 5. The monoisotopic (exact) mass is 753 g/mol. The summed E-state index contributed by atoms with van der Waals surface area (Å²) in [6, 6.07) is 14.9. The highest BCUT2D eigenvalue weighted by molar-refractivity contribution is 7.84. The Morgan fingerprint density at radius 1 is 1.13 bits per heavy atom. The molecule has 2 fully saturated rings. The van der Waals surface area contributed by atoms with Crippen LogP contribution in [-0.2, 0) is 30.7 Å². The quantitative estimate of drug-likeness (QED) is 0.0935. The maximum atomic E-state index is 15.4. The molecule has 282 valence electrons. The van der Waals surface area contributed by atoms with Gasteiger partial charge in [-0.05, 0) is 54.8 Å². The minimum Gasteiger partial charge on any atom is -0.484 e. The summed E-state index contributed by atoms with van der Waals surface area (Å²) in [7, 11) is 2.31. The van der Waals surface area contributed by atoms with E-state index >= 15 is 4.39 Å². The van der Waals surface area contributed by atoms with Crippen molar-refractivity contribution in [2.24, 2.45) is 0 Å². The Kier molecular flexibility index (Phi) is 9.43. The lowest BCUT2D eigenvalue weighted by atomic mass is 9.87. The highest BCUT2D eigenvalue weighted by Gasteiger charge is 2.42. The van der Waals surface area contributed by atoms with E-state index in [4.69, 9.17) is 19.4 Å². The van der Waals surface area contributed by atoms with Gasteiger partial charge in [0.2, 0.25) is 5.91 Å². The van der Waals surface area contributed by atoms with E-state index in [1.54, 1.807) is 19.4 Å². The number of hydrogen-bond acceptors (Lipinski definition) is 9. The van der Waals surface area contributed by atoms with Crippen molar-refractivity contribution in [3.8, 4) is 17.0 Å². The third kappa shape index (κ3) is 6.31. The molecule has 3 aromatic heterocycles. The van der Waals surface area contributed by atoms with Crippen LogP contribution in [0.15, 0.2) is 73.1 Å². The molecule has 4 atom stereocenters. The van der Waals surface area contributed by atoms with Crippen molar-refractivity contribution in [2.75, 3.05) is 44.9 Å². The van der Waals surface area contributed by atoms with E-state index in [9.17, 15) is 13.4 Å². The molecule has 2 aromatic carbocycles. The van der Waals surface area contributed by atoms with E-state index < -0.39 is 28.2 Å². The van der Waals surface area contributed by atoms with Crippen LogP contribution in [0.5, 0.6) is 5.75 Å². The fraction of sp³-hybridized carbons (Fsp3) is 0.366.